The molecule has 0 N–H and O–H groups in total. The lowest BCUT2D eigenvalue weighted by Gasteiger charge is -1.98. The zero-order valence-corrected chi connectivity index (χ0v) is 10.4. The largest absolute Gasteiger partial charge is 0.453 e. The third-order valence-corrected chi connectivity index (χ3v) is 3.69. The van der Waals surface area contributed by atoms with Crippen LogP contribution in [0, 0.1) is 0 Å². The minimum Gasteiger partial charge on any atom is -0.453 e. The number of hydrogen-bond donors (Lipinski definition) is 0. The number of hydrogen-bond acceptors (Lipinski definition) is 2. The molecule has 4 aromatic rings. The molecule has 0 aliphatic carbocycles. The third-order valence-electron chi connectivity index (χ3n) is 3.69. The van der Waals surface area contributed by atoms with Crippen molar-refractivity contribution in [1.29, 1.82) is 0 Å². The monoisotopic (exact) mass is 249 g/mol. The molecule has 0 amide bonds. The summed E-state index contributed by atoms with van der Waals surface area (Å²) in [5.41, 5.74) is 4.29. The zero-order valence-electron chi connectivity index (χ0n) is 10.4. The summed E-state index contributed by atoms with van der Waals surface area (Å²) in [6, 6.07) is 13.8. The number of carbonyl (C=O) groups excluding carboxylic acids is 1. The van der Waals surface area contributed by atoms with Crippen LogP contribution in [0.15, 0.2) is 46.9 Å². The molecule has 0 atom stereocenters. The van der Waals surface area contributed by atoms with E-state index in [0.717, 1.165) is 33.7 Å². The van der Waals surface area contributed by atoms with Gasteiger partial charge >= 0.3 is 0 Å². The molecule has 19 heavy (non-hydrogen) atoms. The van der Waals surface area contributed by atoms with E-state index in [4.69, 9.17) is 4.42 Å². The van der Waals surface area contributed by atoms with Crippen LogP contribution >= 0.6 is 0 Å². The van der Waals surface area contributed by atoms with Gasteiger partial charge in [-0.3, -0.25) is 4.79 Å². The van der Waals surface area contributed by atoms with Gasteiger partial charge in [0.25, 0.3) is 0 Å². The Labute approximate surface area is 109 Å². The van der Waals surface area contributed by atoms with Crippen LogP contribution in [0.3, 0.4) is 0 Å². The van der Waals surface area contributed by atoms with Gasteiger partial charge in [-0.25, -0.2) is 0 Å². The van der Waals surface area contributed by atoms with E-state index in [2.05, 4.69) is 10.6 Å². The number of para-hydroxylation sites is 2. The Kier molecular flexibility index (Phi) is 1.90. The molecule has 0 aliphatic heterocycles. The molecule has 0 aliphatic rings. The molecule has 0 bridgehead atoms. The number of benzene rings is 2. The number of carbonyl (C=O) groups is 1. The summed E-state index contributed by atoms with van der Waals surface area (Å²) in [7, 11) is 2.02. The van der Waals surface area contributed by atoms with Gasteiger partial charge in [-0.1, -0.05) is 18.2 Å². The van der Waals surface area contributed by atoms with E-state index in [9.17, 15) is 4.79 Å². The minimum atomic E-state index is 0.595. The second-order valence-corrected chi connectivity index (χ2v) is 4.70. The molecular formula is C16H11NO2. The second kappa shape index (κ2) is 3.48. The van der Waals surface area contributed by atoms with Gasteiger partial charge in [-0.2, -0.15) is 0 Å². The van der Waals surface area contributed by atoms with Crippen molar-refractivity contribution in [2.45, 2.75) is 0 Å². The van der Waals surface area contributed by atoms with E-state index in [-0.39, 0.29) is 0 Å². The van der Waals surface area contributed by atoms with Crippen molar-refractivity contribution >= 4 is 39.3 Å². The van der Waals surface area contributed by atoms with Gasteiger partial charge in [-0.15, -0.1) is 0 Å². The average Bonchev–Trinajstić information content (AvgIpc) is 2.96. The molecule has 2 heterocycles. The van der Waals surface area contributed by atoms with Gasteiger partial charge in [0.15, 0.2) is 11.9 Å². The normalized spacial score (nSPS) is 11.6. The van der Waals surface area contributed by atoms with Crippen LogP contribution in [-0.2, 0) is 7.05 Å². The number of nitrogens with zero attached hydrogens (tertiary/aromatic N) is 1. The highest BCUT2D eigenvalue weighted by molar-refractivity contribution is 6.17. The summed E-state index contributed by atoms with van der Waals surface area (Å²) in [4.78, 5) is 11.1. The lowest BCUT2D eigenvalue weighted by Crippen LogP contribution is -1.86. The maximum atomic E-state index is 11.1. The molecule has 0 fully saturated rings. The summed E-state index contributed by atoms with van der Waals surface area (Å²) < 4.78 is 8.07. The molecule has 2 aromatic heterocycles. The highest BCUT2D eigenvalue weighted by atomic mass is 16.3. The molecule has 2 aromatic carbocycles. The Morgan fingerprint density at radius 3 is 2.63 bits per heavy atom. The predicted molar refractivity (Wildman–Crippen MR) is 75.6 cm³/mol. The smallest absolute Gasteiger partial charge is 0.161 e. The molecule has 0 radical (unpaired) electrons. The van der Waals surface area contributed by atoms with Crippen LogP contribution in [0.5, 0.6) is 0 Å². The fraction of sp³-hybridized carbons (Fsp3) is 0.0625. The highest BCUT2D eigenvalue weighted by Gasteiger charge is 2.17. The van der Waals surface area contributed by atoms with Crippen LogP contribution in [0.2, 0.25) is 0 Å². The molecule has 4 rings (SSSR count). The SMILES string of the molecule is Cn1c2ccccc2c2oc3c(C=O)cccc3c21. The fourth-order valence-corrected chi connectivity index (χ4v) is 2.81. The first-order valence-electron chi connectivity index (χ1n) is 6.15. The molecule has 3 heteroatoms. The Morgan fingerprint density at radius 1 is 1.00 bits per heavy atom. The van der Waals surface area contributed by atoms with Gasteiger partial charge in [0, 0.05) is 17.8 Å². The van der Waals surface area contributed by atoms with Crippen molar-refractivity contribution in [2.24, 2.45) is 7.05 Å². The first-order valence-corrected chi connectivity index (χ1v) is 6.15. The number of furan rings is 1. The summed E-state index contributed by atoms with van der Waals surface area (Å²) in [5.74, 6) is 0. The number of fused-ring (bicyclic) bond motifs is 5. The van der Waals surface area contributed by atoms with Crippen molar-refractivity contribution in [1.82, 2.24) is 4.57 Å². The van der Waals surface area contributed by atoms with Crippen LogP contribution in [0.1, 0.15) is 10.4 Å². The van der Waals surface area contributed by atoms with E-state index < -0.39 is 0 Å². The molecule has 0 spiro atoms. The molecule has 0 unspecified atom stereocenters. The highest BCUT2D eigenvalue weighted by Crippen LogP contribution is 2.36. The van der Waals surface area contributed by atoms with Crippen LogP contribution in [0.4, 0.5) is 0 Å². The van der Waals surface area contributed by atoms with E-state index in [1.54, 1.807) is 6.07 Å². The van der Waals surface area contributed by atoms with E-state index in [0.29, 0.717) is 11.1 Å². The topological polar surface area (TPSA) is 35.1 Å². The van der Waals surface area contributed by atoms with Crippen LogP contribution in [0.25, 0.3) is 33.0 Å². The third kappa shape index (κ3) is 1.19. The van der Waals surface area contributed by atoms with Gasteiger partial charge in [0.2, 0.25) is 0 Å². The van der Waals surface area contributed by atoms with Gasteiger partial charge < -0.3 is 8.98 Å². The Hall–Kier alpha value is -2.55. The lowest BCUT2D eigenvalue weighted by atomic mass is 10.1. The fourth-order valence-electron chi connectivity index (χ4n) is 2.81. The van der Waals surface area contributed by atoms with Gasteiger partial charge in [-0.05, 0) is 24.3 Å². The van der Waals surface area contributed by atoms with Gasteiger partial charge in [0.1, 0.15) is 5.58 Å². The second-order valence-electron chi connectivity index (χ2n) is 4.70. The lowest BCUT2D eigenvalue weighted by molar-refractivity contribution is 0.112. The van der Waals surface area contributed by atoms with Crippen molar-refractivity contribution in [3.05, 3.63) is 48.0 Å². The van der Waals surface area contributed by atoms with E-state index in [1.165, 1.54) is 0 Å². The molecule has 0 saturated heterocycles. The quantitative estimate of drug-likeness (QED) is 0.480. The number of rotatable bonds is 1. The number of aryl methyl sites for hydroxylation is 1. The summed E-state index contributed by atoms with van der Waals surface area (Å²) >= 11 is 0. The average molecular weight is 249 g/mol. The molecule has 92 valence electrons. The molecule has 3 nitrogen and oxygen atoms in total. The Bertz CT molecular complexity index is 944. The number of aromatic nitrogens is 1. The standard InChI is InChI=1S/C16H11NO2/c1-17-13-8-3-2-6-11(13)16-14(17)12-7-4-5-10(9-18)15(12)19-16/h2-9H,1H3. The summed E-state index contributed by atoms with van der Waals surface area (Å²) in [5, 5.41) is 2.06. The molecule has 0 saturated carbocycles. The summed E-state index contributed by atoms with van der Waals surface area (Å²) in [6.07, 6.45) is 0.840. The zero-order chi connectivity index (χ0) is 13.0. The van der Waals surface area contributed by atoms with Crippen molar-refractivity contribution < 1.29 is 9.21 Å². The maximum absolute atomic E-state index is 11.1. The Balaban J connectivity index is 2.34. The summed E-state index contributed by atoms with van der Waals surface area (Å²) in [6.45, 7) is 0. The Morgan fingerprint density at radius 2 is 1.79 bits per heavy atom. The first-order chi connectivity index (χ1) is 9.31. The van der Waals surface area contributed by atoms with E-state index >= 15 is 0 Å². The first kappa shape index (κ1) is 10.4. The van der Waals surface area contributed by atoms with E-state index in [1.807, 2.05) is 37.4 Å². The molecular weight excluding hydrogens is 238 g/mol. The number of aldehydes is 1. The van der Waals surface area contributed by atoms with Gasteiger partial charge in [0.05, 0.1) is 16.6 Å². The van der Waals surface area contributed by atoms with Crippen molar-refractivity contribution in [2.75, 3.05) is 0 Å². The minimum absolute atomic E-state index is 0.595. The van der Waals surface area contributed by atoms with Crippen LogP contribution < -0.4 is 0 Å². The predicted octanol–water partition coefficient (Wildman–Crippen LogP) is 3.89. The van der Waals surface area contributed by atoms with Crippen molar-refractivity contribution in [3.8, 4) is 0 Å². The maximum Gasteiger partial charge on any atom is 0.161 e. The van der Waals surface area contributed by atoms with Crippen molar-refractivity contribution in [3.63, 3.8) is 0 Å². The van der Waals surface area contributed by atoms with Crippen LogP contribution in [-0.4, -0.2) is 10.9 Å².